The fourth-order valence-electron chi connectivity index (χ4n) is 1.54. The van der Waals surface area contributed by atoms with E-state index in [1.807, 2.05) is 24.3 Å². The van der Waals surface area contributed by atoms with Crippen LogP contribution < -0.4 is 10.5 Å². The highest BCUT2D eigenvalue weighted by atomic mass is 79.9. The molecular weight excluding hydrogens is 294 g/mol. The summed E-state index contributed by atoms with van der Waals surface area (Å²) in [4.78, 5) is 0. The molecule has 0 amide bonds. The minimum absolute atomic E-state index is 0.201. The third-order valence-corrected chi connectivity index (χ3v) is 3.21. The molecule has 0 spiro atoms. The van der Waals surface area contributed by atoms with Crippen molar-refractivity contribution < 1.29 is 9.84 Å². The Bertz CT molecular complexity index is 513. The highest BCUT2D eigenvalue weighted by Crippen LogP contribution is 2.25. The molecule has 0 fully saturated rings. The average Bonchev–Trinajstić information content (AvgIpc) is 2.38. The van der Waals surface area contributed by atoms with Crippen LogP contribution >= 0.6 is 15.9 Å². The van der Waals surface area contributed by atoms with Crippen molar-refractivity contribution in [2.24, 2.45) is 0 Å². The Morgan fingerprint density at radius 1 is 1.11 bits per heavy atom. The molecule has 0 aliphatic heterocycles. The number of anilines is 1. The highest BCUT2D eigenvalue weighted by Gasteiger charge is 2.09. The summed E-state index contributed by atoms with van der Waals surface area (Å²) in [5, 5.41) is 9.98. The van der Waals surface area contributed by atoms with Crippen LogP contribution in [0.25, 0.3) is 0 Å². The molecule has 3 nitrogen and oxygen atoms in total. The predicted octanol–water partition coefficient (Wildman–Crippen LogP) is 3.14. The minimum Gasteiger partial charge on any atom is -0.489 e. The van der Waals surface area contributed by atoms with Crippen LogP contribution in [-0.2, 0) is 0 Å². The summed E-state index contributed by atoms with van der Waals surface area (Å²) in [6, 6.07) is 14.6. The fourth-order valence-corrected chi connectivity index (χ4v) is 1.94. The lowest BCUT2D eigenvalue weighted by Crippen LogP contribution is -2.09. The van der Waals surface area contributed by atoms with E-state index in [1.54, 1.807) is 24.3 Å². The first-order chi connectivity index (χ1) is 8.66. The fraction of sp³-hybridized carbons (Fsp3) is 0.143. The van der Waals surface area contributed by atoms with Gasteiger partial charge in [-0.05, 0) is 45.8 Å². The van der Waals surface area contributed by atoms with Crippen LogP contribution in [0.15, 0.2) is 53.0 Å². The summed E-state index contributed by atoms with van der Waals surface area (Å²) in [6.07, 6.45) is -0.669. The number of halogens is 1. The van der Waals surface area contributed by atoms with Crippen molar-refractivity contribution in [3.8, 4) is 5.75 Å². The van der Waals surface area contributed by atoms with Crippen molar-refractivity contribution in [3.05, 3.63) is 58.6 Å². The van der Waals surface area contributed by atoms with Gasteiger partial charge in [-0.25, -0.2) is 0 Å². The van der Waals surface area contributed by atoms with E-state index < -0.39 is 6.10 Å². The lowest BCUT2D eigenvalue weighted by molar-refractivity contribution is 0.108. The number of hydrogen-bond donors (Lipinski definition) is 2. The zero-order valence-electron chi connectivity index (χ0n) is 9.71. The third-order valence-electron chi connectivity index (χ3n) is 2.55. The lowest BCUT2D eigenvalue weighted by atomic mass is 10.1. The largest absolute Gasteiger partial charge is 0.489 e. The van der Waals surface area contributed by atoms with Crippen LogP contribution in [0.1, 0.15) is 11.7 Å². The van der Waals surface area contributed by atoms with Gasteiger partial charge in [-0.2, -0.15) is 0 Å². The van der Waals surface area contributed by atoms with Crippen LogP contribution in [0.5, 0.6) is 5.75 Å². The molecule has 94 valence electrons. The first-order valence-corrected chi connectivity index (χ1v) is 6.37. The maximum Gasteiger partial charge on any atom is 0.133 e. The van der Waals surface area contributed by atoms with Crippen LogP contribution in [0.4, 0.5) is 5.69 Å². The summed E-state index contributed by atoms with van der Waals surface area (Å²) in [6.45, 7) is 0.201. The van der Waals surface area contributed by atoms with Gasteiger partial charge < -0.3 is 15.6 Å². The molecule has 0 saturated heterocycles. The van der Waals surface area contributed by atoms with Crippen molar-refractivity contribution in [3.63, 3.8) is 0 Å². The molecule has 0 saturated carbocycles. The van der Waals surface area contributed by atoms with Gasteiger partial charge in [-0.15, -0.1) is 0 Å². The van der Waals surface area contributed by atoms with Crippen molar-refractivity contribution in [2.45, 2.75) is 6.10 Å². The van der Waals surface area contributed by atoms with Crippen LogP contribution in [0, 0.1) is 0 Å². The van der Waals surface area contributed by atoms with Gasteiger partial charge in [0.1, 0.15) is 18.5 Å². The van der Waals surface area contributed by atoms with E-state index in [1.165, 1.54) is 0 Å². The molecule has 18 heavy (non-hydrogen) atoms. The van der Waals surface area contributed by atoms with Gasteiger partial charge in [0, 0.05) is 5.69 Å². The van der Waals surface area contributed by atoms with Crippen LogP contribution in [0.3, 0.4) is 0 Å². The number of ether oxygens (including phenoxy) is 1. The molecule has 3 N–H and O–H groups in total. The molecule has 0 aliphatic carbocycles. The Hall–Kier alpha value is -1.52. The van der Waals surface area contributed by atoms with E-state index >= 15 is 0 Å². The molecule has 4 heteroatoms. The molecule has 1 unspecified atom stereocenters. The van der Waals surface area contributed by atoms with E-state index in [0.717, 1.165) is 10.0 Å². The second kappa shape index (κ2) is 5.89. The van der Waals surface area contributed by atoms with Gasteiger partial charge in [-0.1, -0.05) is 24.3 Å². The third kappa shape index (κ3) is 3.24. The maximum absolute atomic E-state index is 9.98. The van der Waals surface area contributed by atoms with E-state index in [-0.39, 0.29) is 6.61 Å². The Kier molecular flexibility index (Phi) is 4.23. The monoisotopic (exact) mass is 307 g/mol. The number of aliphatic hydroxyl groups is 1. The summed E-state index contributed by atoms with van der Waals surface area (Å²) in [7, 11) is 0. The van der Waals surface area contributed by atoms with Crippen LogP contribution in [0.2, 0.25) is 0 Å². The number of aliphatic hydroxyl groups excluding tert-OH is 1. The molecule has 0 aromatic heterocycles. The molecular formula is C14H14BrNO2. The maximum atomic E-state index is 9.98. The number of nitrogens with two attached hydrogens (primary N) is 1. The number of benzene rings is 2. The normalized spacial score (nSPS) is 12.1. The zero-order valence-corrected chi connectivity index (χ0v) is 11.3. The molecule has 2 aromatic rings. The van der Waals surface area contributed by atoms with Crippen molar-refractivity contribution in [1.82, 2.24) is 0 Å². The topological polar surface area (TPSA) is 55.5 Å². The van der Waals surface area contributed by atoms with Crippen molar-refractivity contribution in [1.29, 1.82) is 0 Å². The molecule has 0 heterocycles. The summed E-state index contributed by atoms with van der Waals surface area (Å²) in [5.41, 5.74) is 7.06. The van der Waals surface area contributed by atoms with E-state index in [0.29, 0.717) is 11.4 Å². The second-order valence-electron chi connectivity index (χ2n) is 3.92. The molecule has 0 bridgehead atoms. The van der Waals surface area contributed by atoms with Crippen LogP contribution in [-0.4, -0.2) is 11.7 Å². The van der Waals surface area contributed by atoms with E-state index in [4.69, 9.17) is 10.5 Å². The minimum atomic E-state index is -0.669. The number of hydrogen-bond acceptors (Lipinski definition) is 3. The zero-order chi connectivity index (χ0) is 13.0. The van der Waals surface area contributed by atoms with Gasteiger partial charge in [0.15, 0.2) is 0 Å². The number of para-hydroxylation sites is 1. The molecule has 2 aromatic carbocycles. The van der Waals surface area contributed by atoms with Gasteiger partial charge in [0.05, 0.1) is 4.47 Å². The summed E-state index contributed by atoms with van der Waals surface area (Å²) < 4.78 is 6.43. The first-order valence-electron chi connectivity index (χ1n) is 5.57. The Morgan fingerprint density at radius 2 is 1.78 bits per heavy atom. The second-order valence-corrected chi connectivity index (χ2v) is 4.78. The highest BCUT2D eigenvalue weighted by molar-refractivity contribution is 9.10. The summed E-state index contributed by atoms with van der Waals surface area (Å²) in [5.74, 6) is 0.715. The van der Waals surface area contributed by atoms with Gasteiger partial charge >= 0.3 is 0 Å². The molecule has 1 atom stereocenters. The molecule has 0 radical (unpaired) electrons. The van der Waals surface area contributed by atoms with Gasteiger partial charge in [0.2, 0.25) is 0 Å². The lowest BCUT2D eigenvalue weighted by Gasteiger charge is -2.13. The first kappa shape index (κ1) is 12.9. The summed E-state index contributed by atoms with van der Waals surface area (Å²) >= 11 is 3.39. The van der Waals surface area contributed by atoms with E-state index in [9.17, 15) is 5.11 Å². The average molecular weight is 308 g/mol. The van der Waals surface area contributed by atoms with Crippen molar-refractivity contribution in [2.75, 3.05) is 12.3 Å². The Morgan fingerprint density at radius 3 is 2.44 bits per heavy atom. The Labute approximate surface area is 114 Å². The molecule has 2 rings (SSSR count). The Balaban J connectivity index is 1.98. The van der Waals surface area contributed by atoms with Gasteiger partial charge in [0.25, 0.3) is 0 Å². The SMILES string of the molecule is Nc1ccc(C(O)COc2ccccc2Br)cc1. The number of rotatable bonds is 4. The smallest absolute Gasteiger partial charge is 0.133 e. The quantitative estimate of drug-likeness (QED) is 0.853. The number of nitrogen functional groups attached to an aromatic ring is 1. The standard InChI is InChI=1S/C14H14BrNO2/c15-12-3-1-2-4-14(12)18-9-13(17)10-5-7-11(16)8-6-10/h1-8,13,17H,9,16H2. The predicted molar refractivity (Wildman–Crippen MR) is 75.5 cm³/mol. The van der Waals surface area contributed by atoms with Gasteiger partial charge in [-0.3, -0.25) is 0 Å². The van der Waals surface area contributed by atoms with E-state index in [2.05, 4.69) is 15.9 Å². The molecule has 0 aliphatic rings. The van der Waals surface area contributed by atoms with Crippen molar-refractivity contribution >= 4 is 21.6 Å².